The van der Waals surface area contributed by atoms with Gasteiger partial charge in [0.2, 0.25) is 0 Å². The highest BCUT2D eigenvalue weighted by atomic mass is 19.1. The lowest BCUT2D eigenvalue weighted by atomic mass is 9.90. The average molecular weight is 369 g/mol. The van der Waals surface area contributed by atoms with Crippen molar-refractivity contribution < 1.29 is 14.3 Å². The molecule has 1 aliphatic carbocycles. The topological polar surface area (TPSA) is 103 Å². The zero-order chi connectivity index (χ0) is 19.0. The van der Waals surface area contributed by atoms with Crippen molar-refractivity contribution in [2.24, 2.45) is 10.7 Å². The molecule has 0 atom stereocenters. The predicted molar refractivity (Wildman–Crippen MR) is 98.6 cm³/mol. The molecule has 2 heterocycles. The van der Waals surface area contributed by atoms with Crippen molar-refractivity contribution in [3.05, 3.63) is 70.1 Å². The molecule has 0 unspecified atom stereocenters. The van der Waals surface area contributed by atoms with Crippen molar-refractivity contribution in [1.29, 1.82) is 0 Å². The maximum atomic E-state index is 13.2. The van der Waals surface area contributed by atoms with Crippen molar-refractivity contribution in [2.45, 2.75) is 19.3 Å². The number of rotatable bonds is 5. The summed E-state index contributed by atoms with van der Waals surface area (Å²) in [5.74, 6) is -0.669. The van der Waals surface area contributed by atoms with E-state index in [1.54, 1.807) is 23.3 Å². The zero-order valence-corrected chi connectivity index (χ0v) is 14.6. The molecule has 8 heteroatoms. The van der Waals surface area contributed by atoms with E-state index in [9.17, 15) is 14.3 Å². The van der Waals surface area contributed by atoms with Crippen LogP contribution in [-0.2, 0) is 4.79 Å². The van der Waals surface area contributed by atoms with Gasteiger partial charge in [-0.25, -0.2) is 14.2 Å². The third-order valence-corrected chi connectivity index (χ3v) is 4.82. The summed E-state index contributed by atoms with van der Waals surface area (Å²) < 4.78 is 13.2. The summed E-state index contributed by atoms with van der Waals surface area (Å²) in [5, 5.41) is 14.6. The largest absolute Gasteiger partial charge is 0.477 e. The van der Waals surface area contributed by atoms with Gasteiger partial charge in [0.1, 0.15) is 17.3 Å². The number of carboxylic acids is 1. The number of allylic oxidation sites excluding steroid dienone is 2. The van der Waals surface area contributed by atoms with Crippen LogP contribution in [0.4, 0.5) is 4.39 Å². The molecule has 0 radical (unpaired) electrons. The predicted octanol–water partition coefficient (Wildman–Crippen LogP) is 1.57. The second-order valence-electron chi connectivity index (χ2n) is 6.55. The van der Waals surface area contributed by atoms with Gasteiger partial charge in [-0.05, 0) is 55.6 Å². The Balaban J connectivity index is 1.71. The molecule has 2 aliphatic heterocycles. The van der Waals surface area contributed by atoms with Gasteiger partial charge in [-0.2, -0.15) is 0 Å². The Kier molecular flexibility index (Phi) is 4.41. The van der Waals surface area contributed by atoms with Crippen LogP contribution in [-0.4, -0.2) is 35.0 Å². The number of amidine groups is 1. The number of nitrogens with one attached hydrogen (secondary N) is 2. The van der Waals surface area contributed by atoms with E-state index in [1.807, 2.05) is 0 Å². The summed E-state index contributed by atoms with van der Waals surface area (Å²) in [6, 6.07) is 6.08. The lowest BCUT2D eigenvalue weighted by Crippen LogP contribution is -2.37. The lowest BCUT2D eigenvalue weighted by molar-refractivity contribution is -0.134. The summed E-state index contributed by atoms with van der Waals surface area (Å²) >= 11 is 0. The van der Waals surface area contributed by atoms with Crippen LogP contribution in [0.5, 0.6) is 0 Å². The van der Waals surface area contributed by atoms with Crippen LogP contribution in [0.3, 0.4) is 0 Å². The van der Waals surface area contributed by atoms with E-state index in [-0.39, 0.29) is 11.5 Å². The number of halogens is 1. The van der Waals surface area contributed by atoms with Gasteiger partial charge in [-0.1, -0.05) is 0 Å². The molecular weight excluding hydrogens is 349 g/mol. The Morgan fingerprint density at radius 1 is 1.26 bits per heavy atom. The molecule has 0 spiro atoms. The second-order valence-corrected chi connectivity index (χ2v) is 6.55. The molecule has 0 amide bonds. The molecule has 1 aromatic rings. The Morgan fingerprint density at radius 3 is 2.74 bits per heavy atom. The summed E-state index contributed by atoms with van der Waals surface area (Å²) in [6.45, 7) is 0.994. The summed E-state index contributed by atoms with van der Waals surface area (Å²) in [5.41, 5.74) is 13.2. The van der Waals surface area contributed by atoms with Crippen LogP contribution >= 0.6 is 0 Å². The highest BCUT2D eigenvalue weighted by Gasteiger charge is 2.36. The number of carboxylic acid groups (broad SMARTS) is 1. The first-order valence-electron chi connectivity index (χ1n) is 8.84. The molecule has 1 aromatic carbocycles. The molecule has 0 aromatic heterocycles. The van der Waals surface area contributed by atoms with Gasteiger partial charge in [0, 0.05) is 23.9 Å². The average Bonchev–Trinajstić information content (AvgIpc) is 3.05. The molecule has 0 saturated heterocycles. The van der Waals surface area contributed by atoms with E-state index in [1.165, 1.54) is 12.1 Å². The maximum Gasteiger partial charge on any atom is 0.354 e. The minimum Gasteiger partial charge on any atom is -0.477 e. The summed E-state index contributed by atoms with van der Waals surface area (Å²) in [6.07, 6.45) is 3.79. The minimum atomic E-state index is -0.958. The number of aliphatic imine (C=N–C) groups is 1. The van der Waals surface area contributed by atoms with E-state index < -0.39 is 5.97 Å². The molecule has 0 saturated carbocycles. The quantitative estimate of drug-likeness (QED) is 0.628. The van der Waals surface area contributed by atoms with Crippen LogP contribution in [0.2, 0.25) is 0 Å². The third-order valence-electron chi connectivity index (χ3n) is 4.82. The van der Waals surface area contributed by atoms with Crippen molar-refractivity contribution in [1.82, 2.24) is 15.8 Å². The van der Waals surface area contributed by atoms with E-state index in [0.717, 1.165) is 28.1 Å². The molecule has 4 rings (SSSR count). The van der Waals surface area contributed by atoms with Gasteiger partial charge in [0.05, 0.1) is 11.4 Å². The number of nitrogens with zero attached hydrogens (tertiary/aromatic N) is 2. The van der Waals surface area contributed by atoms with E-state index in [4.69, 9.17) is 5.73 Å². The number of fused-ring (bicyclic) bond motifs is 2. The minimum absolute atomic E-state index is 0.276. The van der Waals surface area contributed by atoms with Gasteiger partial charge in [-0.15, -0.1) is 0 Å². The molecule has 0 bridgehead atoms. The van der Waals surface area contributed by atoms with Crippen LogP contribution in [0.15, 0.2) is 63.7 Å². The Labute approximate surface area is 155 Å². The van der Waals surface area contributed by atoms with Gasteiger partial charge < -0.3 is 16.2 Å². The monoisotopic (exact) mass is 369 g/mol. The van der Waals surface area contributed by atoms with Crippen LogP contribution < -0.4 is 16.5 Å². The third kappa shape index (κ3) is 3.08. The molecular formula is C19H20FN5O2. The highest BCUT2D eigenvalue weighted by Crippen LogP contribution is 2.38. The number of aliphatic carboxylic acids is 1. The summed E-state index contributed by atoms with van der Waals surface area (Å²) in [7, 11) is 0. The standard InChI is InChI=1S/C19H20FN5O2/c20-13-5-2-11(3-6-13)18-22-10-12-4-7-14-16(15(12)23-18)24-25(9-1-8-21)17(14)19(26)27/h2-3,5-6,10,24H,1,4,7-9,21H2,(H,22,23)(H,26,27). The molecule has 0 fully saturated rings. The maximum absolute atomic E-state index is 13.2. The van der Waals surface area contributed by atoms with E-state index in [0.29, 0.717) is 38.2 Å². The van der Waals surface area contributed by atoms with Gasteiger partial charge in [-0.3, -0.25) is 10.4 Å². The molecule has 7 nitrogen and oxygen atoms in total. The van der Waals surface area contributed by atoms with Crippen molar-refractivity contribution in [3.8, 4) is 0 Å². The normalized spacial score (nSPS) is 18.4. The lowest BCUT2D eigenvalue weighted by Gasteiger charge is -2.27. The van der Waals surface area contributed by atoms with Gasteiger partial charge >= 0.3 is 5.97 Å². The number of benzene rings is 1. The fourth-order valence-electron chi connectivity index (χ4n) is 3.52. The molecule has 140 valence electrons. The van der Waals surface area contributed by atoms with Crippen LogP contribution in [0.25, 0.3) is 0 Å². The van der Waals surface area contributed by atoms with Crippen molar-refractivity contribution >= 4 is 11.8 Å². The number of hydrogen-bond donors (Lipinski definition) is 4. The first-order chi connectivity index (χ1) is 13.1. The Bertz CT molecular complexity index is 915. The molecule has 3 aliphatic rings. The fraction of sp³-hybridized carbons (Fsp3) is 0.263. The van der Waals surface area contributed by atoms with Crippen molar-refractivity contribution in [3.63, 3.8) is 0 Å². The van der Waals surface area contributed by atoms with E-state index >= 15 is 0 Å². The van der Waals surface area contributed by atoms with Gasteiger partial charge in [0.15, 0.2) is 0 Å². The summed E-state index contributed by atoms with van der Waals surface area (Å²) in [4.78, 5) is 16.3. The number of nitrogens with two attached hydrogens (primary N) is 1. The Morgan fingerprint density at radius 2 is 2.04 bits per heavy atom. The SMILES string of the molecule is NCCCN1NC2=C3NC(c4ccc(F)cc4)=NC=C3CCC2=C1C(=O)O. The Hall–Kier alpha value is -3.13. The number of carbonyl (C=O) groups is 1. The molecule has 27 heavy (non-hydrogen) atoms. The van der Waals surface area contributed by atoms with Crippen molar-refractivity contribution in [2.75, 3.05) is 13.1 Å². The van der Waals surface area contributed by atoms with Crippen LogP contribution in [0, 0.1) is 5.82 Å². The molecule has 5 N–H and O–H groups in total. The van der Waals surface area contributed by atoms with Gasteiger partial charge in [0.25, 0.3) is 0 Å². The number of hydrazine groups is 1. The smallest absolute Gasteiger partial charge is 0.354 e. The second kappa shape index (κ2) is 6.88. The van der Waals surface area contributed by atoms with Crippen LogP contribution in [0.1, 0.15) is 24.8 Å². The number of hydrogen-bond acceptors (Lipinski definition) is 6. The highest BCUT2D eigenvalue weighted by molar-refractivity contribution is 6.01. The van der Waals surface area contributed by atoms with E-state index in [2.05, 4.69) is 15.7 Å². The fourth-order valence-corrected chi connectivity index (χ4v) is 3.52. The zero-order valence-electron chi connectivity index (χ0n) is 14.6. The first kappa shape index (κ1) is 17.3. The first-order valence-corrected chi connectivity index (χ1v) is 8.84.